The Morgan fingerprint density at radius 3 is 2.78 bits per heavy atom. The summed E-state index contributed by atoms with van der Waals surface area (Å²) >= 11 is 3.34. The molecule has 0 bridgehead atoms. The molecule has 0 aromatic carbocycles. The lowest BCUT2D eigenvalue weighted by Crippen LogP contribution is -2.27. The third kappa shape index (κ3) is 2.98. The van der Waals surface area contributed by atoms with E-state index in [1.807, 2.05) is 0 Å². The van der Waals surface area contributed by atoms with Gasteiger partial charge in [-0.1, -0.05) is 0 Å². The first kappa shape index (κ1) is 12.8. The molecule has 1 amide bonds. The Balaban J connectivity index is 2.18. The average Bonchev–Trinajstić information content (AvgIpc) is 2.58. The van der Waals surface area contributed by atoms with Crippen molar-refractivity contribution >= 4 is 33.5 Å². The summed E-state index contributed by atoms with van der Waals surface area (Å²) in [6.07, 6.45) is 4.40. The van der Waals surface area contributed by atoms with Crippen molar-refractivity contribution in [2.75, 3.05) is 5.32 Å². The zero-order valence-electron chi connectivity index (χ0n) is 10.3. The van der Waals surface area contributed by atoms with Crippen molar-refractivity contribution in [2.45, 2.75) is 26.4 Å². The number of aromatic nitrogens is 3. The highest BCUT2D eigenvalue weighted by molar-refractivity contribution is 9.10. The van der Waals surface area contributed by atoms with Crippen LogP contribution in [0.2, 0.25) is 0 Å². The van der Waals surface area contributed by atoms with Gasteiger partial charge >= 0.3 is 6.09 Å². The Bertz CT molecular complexity index is 588. The van der Waals surface area contributed by atoms with Crippen molar-refractivity contribution in [3.05, 3.63) is 23.2 Å². The molecule has 0 saturated heterocycles. The van der Waals surface area contributed by atoms with E-state index in [9.17, 15) is 4.79 Å². The number of fused-ring (bicyclic) bond motifs is 1. The van der Waals surface area contributed by atoms with Crippen molar-refractivity contribution in [3.8, 4) is 0 Å². The van der Waals surface area contributed by atoms with E-state index in [1.165, 1.54) is 0 Å². The van der Waals surface area contributed by atoms with Crippen LogP contribution in [-0.4, -0.2) is 26.1 Å². The number of amides is 1. The van der Waals surface area contributed by atoms with Crippen LogP contribution in [-0.2, 0) is 4.74 Å². The van der Waals surface area contributed by atoms with Crippen LogP contribution >= 0.6 is 15.9 Å². The predicted molar refractivity (Wildman–Crippen MR) is 70.5 cm³/mol. The molecule has 0 radical (unpaired) electrons. The van der Waals surface area contributed by atoms with Crippen molar-refractivity contribution < 1.29 is 9.53 Å². The maximum Gasteiger partial charge on any atom is 0.413 e. The summed E-state index contributed by atoms with van der Waals surface area (Å²) in [7, 11) is 0. The number of ether oxygens (including phenoxy) is 1. The molecule has 0 fully saturated rings. The molecule has 0 unspecified atom stereocenters. The first-order valence-electron chi connectivity index (χ1n) is 5.34. The van der Waals surface area contributed by atoms with Crippen LogP contribution in [0.1, 0.15) is 20.8 Å². The second kappa shape index (κ2) is 4.56. The summed E-state index contributed by atoms with van der Waals surface area (Å²) in [5.74, 6) is 0.415. The van der Waals surface area contributed by atoms with Gasteiger partial charge in [0.2, 0.25) is 0 Å². The van der Waals surface area contributed by atoms with Gasteiger partial charge in [-0.2, -0.15) is 0 Å². The highest BCUT2D eigenvalue weighted by Crippen LogP contribution is 2.16. The normalized spacial score (nSPS) is 11.6. The van der Waals surface area contributed by atoms with Crippen LogP contribution in [0.4, 0.5) is 10.6 Å². The number of imidazole rings is 1. The van der Waals surface area contributed by atoms with Gasteiger partial charge in [-0.3, -0.25) is 14.7 Å². The molecule has 0 aliphatic carbocycles. The van der Waals surface area contributed by atoms with Crippen LogP contribution in [0, 0.1) is 0 Å². The number of nitrogens with zero attached hydrogens (tertiary/aromatic N) is 3. The molecule has 0 saturated carbocycles. The number of carbonyl (C=O) groups is 1. The van der Waals surface area contributed by atoms with Gasteiger partial charge in [0.15, 0.2) is 11.5 Å². The van der Waals surface area contributed by atoms with Gasteiger partial charge in [-0.15, -0.1) is 0 Å². The minimum Gasteiger partial charge on any atom is -0.444 e. The number of nitrogens with one attached hydrogen (secondary N) is 1. The van der Waals surface area contributed by atoms with E-state index in [0.29, 0.717) is 11.5 Å². The fraction of sp³-hybridized carbons (Fsp3) is 0.364. The maximum absolute atomic E-state index is 11.6. The minimum absolute atomic E-state index is 0.415. The second-order valence-electron chi connectivity index (χ2n) is 4.71. The standard InChI is InChI=1S/C11H13BrN4O2/c1-11(2,3)18-10(17)15-8-6-16-7(12)4-13-5-9(16)14-8/h4-6H,1-3H3,(H,15,17). The summed E-state index contributed by atoms with van der Waals surface area (Å²) in [4.78, 5) is 19.8. The highest BCUT2D eigenvalue weighted by Gasteiger charge is 2.17. The monoisotopic (exact) mass is 312 g/mol. The van der Waals surface area contributed by atoms with Gasteiger partial charge in [0.25, 0.3) is 0 Å². The Morgan fingerprint density at radius 2 is 2.17 bits per heavy atom. The Hall–Kier alpha value is -1.63. The molecule has 18 heavy (non-hydrogen) atoms. The summed E-state index contributed by atoms with van der Waals surface area (Å²) in [6.45, 7) is 5.41. The smallest absolute Gasteiger partial charge is 0.413 e. The van der Waals surface area contributed by atoms with E-state index in [-0.39, 0.29) is 0 Å². The first-order chi connectivity index (χ1) is 8.35. The number of carbonyl (C=O) groups excluding carboxylic acids is 1. The van der Waals surface area contributed by atoms with Crippen LogP contribution in [0.25, 0.3) is 5.65 Å². The largest absolute Gasteiger partial charge is 0.444 e. The van der Waals surface area contributed by atoms with Crippen LogP contribution < -0.4 is 5.32 Å². The Labute approximate surface area is 113 Å². The van der Waals surface area contributed by atoms with Gasteiger partial charge in [0.05, 0.1) is 18.6 Å². The van der Waals surface area contributed by atoms with E-state index in [0.717, 1.165) is 4.60 Å². The van der Waals surface area contributed by atoms with Crippen molar-refractivity contribution in [1.29, 1.82) is 0 Å². The summed E-state index contributed by atoms with van der Waals surface area (Å²) in [5.41, 5.74) is 0.0983. The van der Waals surface area contributed by atoms with E-state index >= 15 is 0 Å². The average molecular weight is 313 g/mol. The Morgan fingerprint density at radius 1 is 1.44 bits per heavy atom. The molecule has 96 valence electrons. The van der Waals surface area contributed by atoms with Crippen LogP contribution in [0.3, 0.4) is 0 Å². The number of hydrogen-bond donors (Lipinski definition) is 1. The van der Waals surface area contributed by atoms with E-state index in [1.54, 1.807) is 43.8 Å². The van der Waals surface area contributed by atoms with E-state index < -0.39 is 11.7 Å². The predicted octanol–water partition coefficient (Wildman–Crippen LogP) is 2.84. The molecule has 0 aliphatic heterocycles. The lowest BCUT2D eigenvalue weighted by atomic mass is 10.2. The molecule has 6 nitrogen and oxygen atoms in total. The second-order valence-corrected chi connectivity index (χ2v) is 5.52. The quantitative estimate of drug-likeness (QED) is 0.879. The highest BCUT2D eigenvalue weighted by atomic mass is 79.9. The number of anilines is 1. The summed E-state index contributed by atoms with van der Waals surface area (Å²) < 4.78 is 7.66. The minimum atomic E-state index is -0.536. The number of rotatable bonds is 1. The van der Waals surface area contributed by atoms with E-state index in [2.05, 4.69) is 31.2 Å². The molecule has 2 aromatic rings. The number of hydrogen-bond acceptors (Lipinski definition) is 4. The van der Waals surface area contributed by atoms with Crippen LogP contribution in [0.5, 0.6) is 0 Å². The molecular formula is C11H13BrN4O2. The lowest BCUT2D eigenvalue weighted by Gasteiger charge is -2.18. The number of halogens is 1. The SMILES string of the molecule is CC(C)(C)OC(=O)Nc1cn2c(Br)cncc2n1. The maximum atomic E-state index is 11.6. The molecule has 1 N–H and O–H groups in total. The molecule has 2 heterocycles. The van der Waals surface area contributed by atoms with Crippen molar-refractivity contribution in [3.63, 3.8) is 0 Å². The van der Waals surface area contributed by atoms with Gasteiger partial charge in [0.1, 0.15) is 10.2 Å². The fourth-order valence-corrected chi connectivity index (χ4v) is 1.76. The van der Waals surface area contributed by atoms with Gasteiger partial charge in [-0.05, 0) is 36.7 Å². The molecule has 2 rings (SSSR count). The van der Waals surface area contributed by atoms with Gasteiger partial charge < -0.3 is 4.74 Å². The van der Waals surface area contributed by atoms with Crippen molar-refractivity contribution in [1.82, 2.24) is 14.4 Å². The summed E-state index contributed by atoms with van der Waals surface area (Å²) in [6, 6.07) is 0. The third-order valence-electron chi connectivity index (χ3n) is 1.96. The zero-order chi connectivity index (χ0) is 13.3. The molecule has 0 atom stereocenters. The van der Waals surface area contributed by atoms with Crippen molar-refractivity contribution in [2.24, 2.45) is 0 Å². The molecule has 2 aromatic heterocycles. The fourth-order valence-electron chi connectivity index (χ4n) is 1.35. The molecule has 7 heteroatoms. The summed E-state index contributed by atoms with van der Waals surface area (Å²) in [5, 5.41) is 2.57. The topological polar surface area (TPSA) is 68.5 Å². The first-order valence-corrected chi connectivity index (χ1v) is 6.13. The molecular weight excluding hydrogens is 300 g/mol. The third-order valence-corrected chi connectivity index (χ3v) is 2.55. The Kier molecular flexibility index (Phi) is 3.25. The molecule has 0 aliphatic rings. The lowest BCUT2D eigenvalue weighted by molar-refractivity contribution is 0.0635. The van der Waals surface area contributed by atoms with Gasteiger partial charge in [-0.25, -0.2) is 9.78 Å². The van der Waals surface area contributed by atoms with Gasteiger partial charge in [0, 0.05) is 0 Å². The van der Waals surface area contributed by atoms with E-state index in [4.69, 9.17) is 4.74 Å². The molecule has 0 spiro atoms. The van der Waals surface area contributed by atoms with Crippen LogP contribution in [0.15, 0.2) is 23.2 Å². The zero-order valence-corrected chi connectivity index (χ0v) is 11.9.